The topological polar surface area (TPSA) is 31.0 Å². The van der Waals surface area contributed by atoms with Crippen LogP contribution in [0.1, 0.15) is 38.8 Å². The summed E-state index contributed by atoms with van der Waals surface area (Å²) < 4.78 is 8.99. The smallest absolute Gasteiger partial charge is 0.145 e. The van der Waals surface area contributed by atoms with E-state index in [4.69, 9.17) is 9.40 Å². The van der Waals surface area contributed by atoms with Crippen LogP contribution in [-0.2, 0) is 12.8 Å². The van der Waals surface area contributed by atoms with E-state index in [0.29, 0.717) is 11.8 Å². The first-order valence-corrected chi connectivity index (χ1v) is 13.0. The lowest BCUT2D eigenvalue weighted by molar-refractivity contribution is 0.618. The van der Waals surface area contributed by atoms with Crippen molar-refractivity contribution in [2.45, 2.75) is 40.5 Å². The molecule has 6 aromatic rings. The van der Waals surface area contributed by atoms with Crippen LogP contribution in [0, 0.1) is 11.8 Å². The van der Waals surface area contributed by atoms with E-state index in [0.717, 1.165) is 51.8 Å². The van der Waals surface area contributed by atoms with Crippen LogP contribution in [0.25, 0.3) is 50.0 Å². The number of benzene rings is 4. The third kappa shape index (κ3) is 3.80. The molecule has 0 atom stereocenters. The largest absolute Gasteiger partial charge is 0.456 e. The van der Waals surface area contributed by atoms with Gasteiger partial charge in [0.15, 0.2) is 0 Å². The average Bonchev–Trinajstić information content (AvgIpc) is 3.44. The zero-order valence-electron chi connectivity index (χ0n) is 21.5. The second-order valence-electron chi connectivity index (χ2n) is 10.7. The van der Waals surface area contributed by atoms with Crippen molar-refractivity contribution in [3.63, 3.8) is 0 Å². The van der Waals surface area contributed by atoms with Crippen LogP contribution in [0.4, 0.5) is 0 Å². The molecule has 0 aliphatic rings. The third-order valence-electron chi connectivity index (χ3n) is 6.85. The first-order valence-electron chi connectivity index (χ1n) is 13.0. The van der Waals surface area contributed by atoms with E-state index in [1.807, 2.05) is 0 Å². The monoisotopic (exact) mass is 472 g/mol. The Kier molecular flexibility index (Phi) is 5.64. The first kappa shape index (κ1) is 22.6. The molecule has 36 heavy (non-hydrogen) atoms. The highest BCUT2D eigenvalue weighted by Crippen LogP contribution is 2.42. The highest BCUT2D eigenvalue weighted by Gasteiger charge is 2.24. The summed E-state index contributed by atoms with van der Waals surface area (Å²) in [6.07, 6.45) is 1.97. The van der Waals surface area contributed by atoms with Crippen molar-refractivity contribution in [2.75, 3.05) is 0 Å². The van der Waals surface area contributed by atoms with E-state index in [1.165, 1.54) is 22.2 Å². The van der Waals surface area contributed by atoms with E-state index in [1.54, 1.807) is 0 Å². The van der Waals surface area contributed by atoms with Crippen molar-refractivity contribution >= 4 is 33.0 Å². The van der Waals surface area contributed by atoms with Crippen LogP contribution in [0.3, 0.4) is 0 Å². The molecule has 3 heteroatoms. The van der Waals surface area contributed by atoms with Gasteiger partial charge in [-0.2, -0.15) is 0 Å². The Morgan fingerprint density at radius 3 is 2.19 bits per heavy atom. The van der Waals surface area contributed by atoms with Gasteiger partial charge in [0.25, 0.3) is 0 Å². The Balaban J connectivity index is 1.81. The van der Waals surface area contributed by atoms with Crippen LogP contribution in [0.5, 0.6) is 0 Å². The molecule has 0 aliphatic heterocycles. The normalized spacial score (nSPS) is 12.1. The van der Waals surface area contributed by atoms with E-state index in [2.05, 4.69) is 117 Å². The molecular weight excluding hydrogens is 440 g/mol. The lowest BCUT2D eigenvalue weighted by Crippen LogP contribution is -2.08. The van der Waals surface area contributed by atoms with Gasteiger partial charge in [0.2, 0.25) is 0 Å². The van der Waals surface area contributed by atoms with Gasteiger partial charge >= 0.3 is 0 Å². The summed E-state index contributed by atoms with van der Waals surface area (Å²) in [5.41, 5.74) is 9.00. The number of aromatic nitrogens is 2. The number of furan rings is 1. The van der Waals surface area contributed by atoms with Crippen molar-refractivity contribution in [3.05, 3.63) is 96.1 Å². The van der Waals surface area contributed by atoms with Gasteiger partial charge in [-0.25, -0.2) is 4.98 Å². The molecule has 0 N–H and O–H groups in total. The zero-order chi connectivity index (χ0) is 24.8. The Labute approximate surface area is 212 Å². The molecule has 2 heterocycles. The summed E-state index contributed by atoms with van der Waals surface area (Å²) in [4.78, 5) is 5.15. The van der Waals surface area contributed by atoms with Gasteiger partial charge in [0.05, 0.1) is 22.1 Å². The number of hydrogen-bond acceptors (Lipinski definition) is 2. The zero-order valence-corrected chi connectivity index (χ0v) is 21.5. The van der Waals surface area contributed by atoms with Crippen molar-refractivity contribution in [1.82, 2.24) is 9.55 Å². The average molecular weight is 473 g/mol. The third-order valence-corrected chi connectivity index (χ3v) is 6.85. The van der Waals surface area contributed by atoms with E-state index >= 15 is 0 Å². The molecule has 180 valence electrons. The highest BCUT2D eigenvalue weighted by atomic mass is 16.3. The van der Waals surface area contributed by atoms with Crippen LogP contribution >= 0.6 is 0 Å². The fraction of sp³-hybridized carbons (Fsp3) is 0.242. The molecule has 0 bridgehead atoms. The molecule has 0 saturated heterocycles. The number of hydrogen-bond donors (Lipinski definition) is 0. The minimum atomic E-state index is 0.515. The van der Waals surface area contributed by atoms with Crippen molar-refractivity contribution < 1.29 is 4.42 Å². The number of para-hydroxylation sites is 3. The fourth-order valence-electron chi connectivity index (χ4n) is 5.49. The maximum absolute atomic E-state index is 6.61. The predicted octanol–water partition coefficient (Wildman–Crippen LogP) is 8.99. The summed E-state index contributed by atoms with van der Waals surface area (Å²) in [6, 6.07) is 29.9. The lowest BCUT2D eigenvalue weighted by atomic mass is 9.92. The number of imidazole rings is 1. The molecular formula is C33H32N2O. The maximum Gasteiger partial charge on any atom is 0.145 e. The van der Waals surface area contributed by atoms with Gasteiger partial charge in [0.1, 0.15) is 17.0 Å². The van der Waals surface area contributed by atoms with Gasteiger partial charge in [-0.05, 0) is 60.1 Å². The summed E-state index contributed by atoms with van der Waals surface area (Å²) in [6.45, 7) is 9.16. The molecule has 0 radical (unpaired) electrons. The van der Waals surface area contributed by atoms with E-state index in [-0.39, 0.29) is 0 Å². The lowest BCUT2D eigenvalue weighted by Gasteiger charge is -2.20. The molecule has 0 amide bonds. The molecule has 3 nitrogen and oxygen atoms in total. The molecule has 6 rings (SSSR count). The van der Waals surface area contributed by atoms with Gasteiger partial charge in [-0.15, -0.1) is 0 Å². The molecule has 4 aromatic carbocycles. The quantitative estimate of drug-likeness (QED) is 0.242. The highest BCUT2D eigenvalue weighted by molar-refractivity contribution is 6.12. The summed E-state index contributed by atoms with van der Waals surface area (Å²) in [5.74, 6) is 2.01. The fourth-order valence-corrected chi connectivity index (χ4v) is 5.49. The summed E-state index contributed by atoms with van der Waals surface area (Å²) in [7, 11) is 0. The number of rotatable bonds is 6. The Morgan fingerprint density at radius 1 is 0.750 bits per heavy atom. The van der Waals surface area contributed by atoms with E-state index in [9.17, 15) is 0 Å². The first-order chi connectivity index (χ1) is 17.5. The van der Waals surface area contributed by atoms with Gasteiger partial charge in [-0.3, -0.25) is 4.57 Å². The number of nitrogens with zero attached hydrogens (tertiary/aromatic N) is 2. The van der Waals surface area contributed by atoms with Crippen LogP contribution in [-0.4, -0.2) is 9.55 Å². The Morgan fingerprint density at radius 2 is 1.42 bits per heavy atom. The second kappa shape index (κ2) is 8.98. The van der Waals surface area contributed by atoms with Gasteiger partial charge < -0.3 is 4.42 Å². The molecule has 0 unspecified atom stereocenters. The van der Waals surface area contributed by atoms with Gasteiger partial charge in [0, 0.05) is 10.9 Å². The van der Waals surface area contributed by atoms with Crippen molar-refractivity contribution in [3.8, 4) is 17.1 Å². The predicted molar refractivity (Wildman–Crippen MR) is 151 cm³/mol. The molecule has 0 spiro atoms. The second-order valence-corrected chi connectivity index (χ2v) is 10.7. The minimum absolute atomic E-state index is 0.515. The van der Waals surface area contributed by atoms with Crippen LogP contribution in [0.2, 0.25) is 0 Å². The Bertz CT molecular complexity index is 1690. The minimum Gasteiger partial charge on any atom is -0.456 e. The van der Waals surface area contributed by atoms with Crippen LogP contribution in [0.15, 0.2) is 89.3 Å². The molecule has 0 aliphatic carbocycles. The standard InChI is InChI=1S/C33H32N2O/c1-21(2)18-24-20-25(19-22(3)4)32-30(26-14-8-11-17-29(26)36-32)31(24)35-28-16-10-9-15-27(28)34-33(35)23-12-6-5-7-13-23/h5-17,20-22H,18-19H2,1-4H3. The van der Waals surface area contributed by atoms with Crippen LogP contribution < -0.4 is 0 Å². The molecule has 0 fully saturated rings. The SMILES string of the molecule is CC(C)Cc1cc(CC(C)C)c2oc3ccccc3c2c1-n1c(-c2ccccc2)nc2ccccc21. The number of fused-ring (bicyclic) bond motifs is 4. The molecule has 2 aromatic heterocycles. The Hall–Kier alpha value is -3.85. The van der Waals surface area contributed by atoms with Crippen molar-refractivity contribution in [1.29, 1.82) is 0 Å². The summed E-state index contributed by atoms with van der Waals surface area (Å²) >= 11 is 0. The van der Waals surface area contributed by atoms with E-state index < -0.39 is 0 Å². The summed E-state index contributed by atoms with van der Waals surface area (Å²) in [5, 5.41) is 2.36. The maximum atomic E-state index is 6.61. The van der Waals surface area contributed by atoms with Crippen molar-refractivity contribution in [2.24, 2.45) is 11.8 Å². The molecule has 0 saturated carbocycles. The van der Waals surface area contributed by atoms with Gasteiger partial charge in [-0.1, -0.05) is 88.4 Å².